The van der Waals surface area contributed by atoms with Crippen LogP contribution in [-0.4, -0.2) is 99.2 Å². The average Bonchev–Trinajstić information content (AvgIpc) is 3.85. The Morgan fingerprint density at radius 1 is 0.961 bits per heavy atom. The highest BCUT2D eigenvalue weighted by Gasteiger charge is 2.63. The summed E-state index contributed by atoms with van der Waals surface area (Å²) in [6.07, 6.45) is 3.00. The van der Waals surface area contributed by atoms with Gasteiger partial charge in [0, 0.05) is 62.0 Å². The number of sulfonamides is 1. The van der Waals surface area contributed by atoms with Gasteiger partial charge in [0.1, 0.15) is 17.3 Å². The first-order chi connectivity index (χ1) is 24.6. The zero-order chi connectivity index (χ0) is 35.9. The number of halogens is 1. The van der Waals surface area contributed by atoms with Crippen LogP contribution in [0, 0.1) is 6.92 Å². The van der Waals surface area contributed by atoms with E-state index in [1.807, 2.05) is 30.0 Å². The van der Waals surface area contributed by atoms with Gasteiger partial charge in [0.2, 0.25) is 5.89 Å². The highest BCUT2D eigenvalue weighted by atomic mass is 35.5. The van der Waals surface area contributed by atoms with E-state index in [1.165, 1.54) is 19.2 Å². The molecule has 0 saturated carbocycles. The van der Waals surface area contributed by atoms with Gasteiger partial charge in [0.25, 0.3) is 15.9 Å². The first kappa shape index (κ1) is 35.4. The van der Waals surface area contributed by atoms with Gasteiger partial charge in [-0.3, -0.25) is 19.5 Å². The van der Waals surface area contributed by atoms with E-state index in [0.29, 0.717) is 71.8 Å². The van der Waals surface area contributed by atoms with E-state index in [-0.39, 0.29) is 17.2 Å². The lowest BCUT2D eigenvalue weighted by Gasteiger charge is -2.41. The maximum atomic E-state index is 15.7. The second-order valence-electron chi connectivity index (χ2n) is 13.2. The van der Waals surface area contributed by atoms with Crippen molar-refractivity contribution in [3.63, 3.8) is 0 Å². The molecule has 2 atom stereocenters. The number of benzene rings is 3. The number of aryl methyl sites for hydroxylation is 1. The highest BCUT2D eigenvalue weighted by Crippen LogP contribution is 2.57. The molecular formula is C37H42ClN5O7S. The van der Waals surface area contributed by atoms with Crippen molar-refractivity contribution in [3.05, 3.63) is 100 Å². The number of nitrogens with zero attached hydrogens (tertiary/aromatic N) is 5. The van der Waals surface area contributed by atoms with Gasteiger partial charge in [-0.15, -0.1) is 0 Å². The summed E-state index contributed by atoms with van der Waals surface area (Å²) in [4.78, 5) is 26.8. The summed E-state index contributed by atoms with van der Waals surface area (Å²) in [6.45, 7) is 6.93. The second kappa shape index (κ2) is 14.2. The number of β-amino-alcohol motifs (C(OH)–C–C–N with tert-alkyl or cyclic N) is 1. The number of carbonyl (C=O) groups is 1. The van der Waals surface area contributed by atoms with Crippen molar-refractivity contribution in [2.45, 2.75) is 42.8 Å². The molecule has 2 unspecified atom stereocenters. The number of aromatic nitrogens is 1. The van der Waals surface area contributed by atoms with Crippen LogP contribution in [0.2, 0.25) is 5.02 Å². The summed E-state index contributed by atoms with van der Waals surface area (Å²) >= 11 is 6.73. The summed E-state index contributed by atoms with van der Waals surface area (Å²) < 4.78 is 47.6. The third kappa shape index (κ3) is 6.19. The predicted octanol–water partition coefficient (Wildman–Crippen LogP) is 4.58. The van der Waals surface area contributed by atoms with Gasteiger partial charge in [-0.25, -0.2) is 17.7 Å². The molecule has 14 heteroatoms. The van der Waals surface area contributed by atoms with Crippen molar-refractivity contribution in [3.8, 4) is 11.5 Å². The van der Waals surface area contributed by atoms with Gasteiger partial charge < -0.3 is 19.0 Å². The fourth-order valence-electron chi connectivity index (χ4n) is 7.79. The summed E-state index contributed by atoms with van der Waals surface area (Å²) in [5.41, 5.74) is 0.404. The number of hydrogen-bond donors (Lipinski definition) is 1. The lowest BCUT2D eigenvalue weighted by atomic mass is 9.80. The van der Waals surface area contributed by atoms with Crippen molar-refractivity contribution in [1.82, 2.24) is 19.7 Å². The van der Waals surface area contributed by atoms with E-state index < -0.39 is 27.5 Å². The van der Waals surface area contributed by atoms with E-state index in [9.17, 15) is 13.5 Å². The van der Waals surface area contributed by atoms with Crippen LogP contribution in [0.4, 0.5) is 5.69 Å². The van der Waals surface area contributed by atoms with Gasteiger partial charge in [0.05, 0.1) is 43.6 Å². The molecule has 0 bridgehead atoms. The van der Waals surface area contributed by atoms with E-state index in [2.05, 4.69) is 14.8 Å². The summed E-state index contributed by atoms with van der Waals surface area (Å²) in [5.74, 6) is 1.34. The number of carbonyl (C=O) groups excluding carboxylic acids is 1. The minimum Gasteiger partial charge on any atom is -0.497 e. The Morgan fingerprint density at radius 3 is 2.37 bits per heavy atom. The van der Waals surface area contributed by atoms with Crippen LogP contribution in [0.15, 0.2) is 76.2 Å². The normalized spacial score (nSPS) is 21.7. The number of oxazole rings is 1. The largest absolute Gasteiger partial charge is 0.497 e. The number of aliphatic hydroxyl groups is 1. The first-order valence-corrected chi connectivity index (χ1v) is 18.9. The molecule has 1 amide bonds. The zero-order valence-electron chi connectivity index (χ0n) is 28.9. The van der Waals surface area contributed by atoms with Crippen LogP contribution in [0.3, 0.4) is 0 Å². The molecule has 3 aromatic carbocycles. The zero-order valence-corrected chi connectivity index (χ0v) is 30.5. The number of amides is 1. The van der Waals surface area contributed by atoms with Gasteiger partial charge in [-0.1, -0.05) is 17.7 Å². The van der Waals surface area contributed by atoms with Crippen LogP contribution in [0.1, 0.15) is 47.2 Å². The number of likely N-dealkylation sites (tertiary alicyclic amines) is 1. The van der Waals surface area contributed by atoms with Gasteiger partial charge in [-0.05, 0) is 79.9 Å². The van der Waals surface area contributed by atoms with E-state index in [4.69, 9.17) is 25.5 Å². The Labute approximate surface area is 303 Å². The Balaban J connectivity index is 1.42. The first-order valence-electron chi connectivity index (χ1n) is 17.1. The van der Waals surface area contributed by atoms with Crippen LogP contribution >= 0.6 is 11.6 Å². The second-order valence-corrected chi connectivity index (χ2v) is 15.4. The number of aliphatic hydroxyl groups excluding tert-OH is 1. The molecule has 4 heterocycles. The molecule has 7 rings (SSSR count). The van der Waals surface area contributed by atoms with Gasteiger partial charge in [0.15, 0.2) is 5.54 Å². The monoisotopic (exact) mass is 735 g/mol. The molecule has 1 aromatic heterocycles. The molecule has 3 aliphatic rings. The van der Waals surface area contributed by atoms with E-state index in [0.717, 1.165) is 36.0 Å². The number of piperazine rings is 1. The van der Waals surface area contributed by atoms with Crippen molar-refractivity contribution in [2.24, 2.45) is 0 Å². The summed E-state index contributed by atoms with van der Waals surface area (Å²) in [7, 11) is -1.39. The molecule has 1 N–H and O–H groups in total. The summed E-state index contributed by atoms with van der Waals surface area (Å²) in [6, 6.07) is 16.2. The SMILES string of the molecule is COc1ccc(S(=O)(=O)N2C(=O)C(c3cc(CN4CCN(CCO)CC4)ccc3OC)(N3CCCC3c3ncc(C)o3)c3cc(Cl)ccc32)cc1. The molecule has 4 aromatic rings. The Bertz CT molecular complexity index is 2020. The van der Waals surface area contributed by atoms with Crippen LogP contribution in [0.5, 0.6) is 11.5 Å². The van der Waals surface area contributed by atoms with Crippen molar-refractivity contribution in [2.75, 3.05) is 64.4 Å². The fourth-order valence-corrected chi connectivity index (χ4v) is 9.42. The molecule has 0 radical (unpaired) electrons. The third-order valence-electron chi connectivity index (χ3n) is 10.2. The lowest BCUT2D eigenvalue weighted by molar-refractivity contribution is -0.127. The Morgan fingerprint density at radius 2 is 1.71 bits per heavy atom. The minimum atomic E-state index is -4.44. The molecule has 2 fully saturated rings. The lowest BCUT2D eigenvalue weighted by Crippen LogP contribution is -2.54. The average molecular weight is 736 g/mol. The highest BCUT2D eigenvalue weighted by molar-refractivity contribution is 7.93. The molecule has 3 aliphatic heterocycles. The van der Waals surface area contributed by atoms with Crippen molar-refractivity contribution >= 4 is 33.2 Å². The quantitative estimate of drug-likeness (QED) is 0.233. The van der Waals surface area contributed by atoms with Crippen LogP contribution in [0.25, 0.3) is 0 Å². The maximum Gasteiger partial charge on any atom is 0.271 e. The number of hydrogen-bond acceptors (Lipinski definition) is 11. The third-order valence-corrected chi connectivity index (χ3v) is 12.2. The predicted molar refractivity (Wildman–Crippen MR) is 192 cm³/mol. The topological polar surface area (TPSA) is 129 Å². The fraction of sp³-hybridized carbons (Fsp3) is 0.405. The molecular weight excluding hydrogens is 694 g/mol. The molecule has 0 aliphatic carbocycles. The number of anilines is 1. The molecule has 2 saturated heterocycles. The molecule has 0 spiro atoms. The van der Waals surface area contributed by atoms with Crippen molar-refractivity contribution < 1.29 is 32.2 Å². The smallest absolute Gasteiger partial charge is 0.271 e. The van der Waals surface area contributed by atoms with Crippen LogP contribution in [-0.2, 0) is 26.9 Å². The van der Waals surface area contributed by atoms with Crippen molar-refractivity contribution in [1.29, 1.82) is 0 Å². The molecule has 12 nitrogen and oxygen atoms in total. The standard InChI is InChI=1S/C37H42ClN5O7S/c1-25-23-39-35(50-25)33-5-4-14-42(33)37(31-21-26(6-13-34(31)49-3)24-41-17-15-40(16-18-41)19-20-44)30-22-27(38)7-12-32(30)43(36(37)45)51(46,47)29-10-8-28(48-2)9-11-29/h6-13,21-23,33,44H,4-5,14-20,24H2,1-3H3. The molecule has 51 heavy (non-hydrogen) atoms. The van der Waals surface area contributed by atoms with Gasteiger partial charge in [-0.2, -0.15) is 0 Å². The number of rotatable bonds is 11. The van der Waals surface area contributed by atoms with E-state index >= 15 is 4.79 Å². The maximum absolute atomic E-state index is 15.7. The number of ether oxygens (including phenoxy) is 2. The number of fused-ring (bicyclic) bond motifs is 1. The molecule has 270 valence electrons. The van der Waals surface area contributed by atoms with Gasteiger partial charge >= 0.3 is 0 Å². The van der Waals surface area contributed by atoms with Crippen LogP contribution < -0.4 is 13.8 Å². The minimum absolute atomic E-state index is 0.0595. The Kier molecular flexibility index (Phi) is 9.87. The Hall–Kier alpha value is -3.98. The van der Waals surface area contributed by atoms with E-state index in [1.54, 1.807) is 43.6 Å². The summed E-state index contributed by atoms with van der Waals surface area (Å²) in [5, 5.41) is 9.77. The number of methoxy groups -OCH3 is 2.